The van der Waals surface area contributed by atoms with Crippen molar-refractivity contribution in [2.24, 2.45) is 0 Å². The molecule has 0 saturated heterocycles. The van der Waals surface area contributed by atoms with Crippen LogP contribution in [0.1, 0.15) is 12.7 Å². The SMILES string of the molecule is CCNc1cc(Sc2cccs2)nc(C)n1. The summed E-state index contributed by atoms with van der Waals surface area (Å²) in [6, 6.07) is 6.13. The van der Waals surface area contributed by atoms with Gasteiger partial charge in [0, 0.05) is 12.6 Å². The first-order valence-corrected chi connectivity index (χ1v) is 6.78. The molecule has 84 valence electrons. The van der Waals surface area contributed by atoms with Gasteiger partial charge in [0.2, 0.25) is 0 Å². The largest absolute Gasteiger partial charge is 0.370 e. The van der Waals surface area contributed by atoms with Gasteiger partial charge in [-0.1, -0.05) is 17.8 Å². The van der Waals surface area contributed by atoms with Crippen LogP contribution in [0.5, 0.6) is 0 Å². The number of aryl methyl sites for hydroxylation is 1. The standard InChI is InChI=1S/C11H13N3S2/c1-3-12-9-7-10(14-8(2)13-9)16-11-5-4-6-15-11/h4-7H,3H2,1-2H3,(H,12,13,14). The summed E-state index contributed by atoms with van der Waals surface area (Å²) in [5.41, 5.74) is 0. The van der Waals surface area contributed by atoms with Crippen molar-refractivity contribution in [2.45, 2.75) is 23.1 Å². The Labute approximate surface area is 103 Å². The van der Waals surface area contributed by atoms with Gasteiger partial charge in [-0.05, 0) is 25.3 Å². The third kappa shape index (κ3) is 2.96. The highest BCUT2D eigenvalue weighted by molar-refractivity contribution is 8.01. The van der Waals surface area contributed by atoms with Gasteiger partial charge in [0.25, 0.3) is 0 Å². The molecule has 2 aromatic heterocycles. The first-order valence-electron chi connectivity index (χ1n) is 5.09. The number of nitrogens with zero attached hydrogens (tertiary/aromatic N) is 2. The average Bonchev–Trinajstić information content (AvgIpc) is 2.70. The zero-order valence-corrected chi connectivity index (χ0v) is 10.9. The van der Waals surface area contributed by atoms with Gasteiger partial charge < -0.3 is 5.32 Å². The number of thiophene rings is 1. The van der Waals surface area contributed by atoms with E-state index in [1.807, 2.05) is 19.1 Å². The second-order valence-corrected chi connectivity index (χ2v) is 5.47. The molecule has 0 unspecified atom stereocenters. The highest BCUT2D eigenvalue weighted by Gasteiger charge is 2.03. The lowest BCUT2D eigenvalue weighted by atomic mass is 10.5. The summed E-state index contributed by atoms with van der Waals surface area (Å²) in [6.45, 7) is 4.85. The van der Waals surface area contributed by atoms with Crippen molar-refractivity contribution in [1.29, 1.82) is 0 Å². The van der Waals surface area contributed by atoms with Crippen LogP contribution < -0.4 is 5.32 Å². The molecule has 0 radical (unpaired) electrons. The van der Waals surface area contributed by atoms with Gasteiger partial charge >= 0.3 is 0 Å². The molecule has 0 atom stereocenters. The minimum atomic E-state index is 0.803. The molecule has 0 aromatic carbocycles. The first kappa shape index (κ1) is 11.4. The van der Waals surface area contributed by atoms with Crippen LogP contribution in [0.15, 0.2) is 32.8 Å². The summed E-state index contributed by atoms with van der Waals surface area (Å²) < 4.78 is 1.25. The number of rotatable bonds is 4. The Bertz CT molecular complexity index is 454. The number of nitrogens with one attached hydrogen (secondary N) is 1. The van der Waals surface area contributed by atoms with Gasteiger partial charge in [0.05, 0.1) is 4.21 Å². The smallest absolute Gasteiger partial charge is 0.130 e. The van der Waals surface area contributed by atoms with E-state index in [2.05, 4.69) is 33.7 Å². The molecular weight excluding hydrogens is 238 g/mol. The lowest BCUT2D eigenvalue weighted by Crippen LogP contribution is -2.01. The monoisotopic (exact) mass is 251 g/mol. The molecule has 0 amide bonds. The van der Waals surface area contributed by atoms with Crippen molar-refractivity contribution >= 4 is 28.9 Å². The van der Waals surface area contributed by atoms with Crippen LogP contribution in [0, 0.1) is 6.92 Å². The molecule has 0 aliphatic heterocycles. The maximum absolute atomic E-state index is 4.41. The Morgan fingerprint density at radius 2 is 2.31 bits per heavy atom. The van der Waals surface area contributed by atoms with Crippen molar-refractivity contribution in [1.82, 2.24) is 9.97 Å². The lowest BCUT2D eigenvalue weighted by molar-refractivity contribution is 0.961. The van der Waals surface area contributed by atoms with Crippen molar-refractivity contribution < 1.29 is 0 Å². The van der Waals surface area contributed by atoms with E-state index < -0.39 is 0 Å². The summed E-state index contributed by atoms with van der Waals surface area (Å²) >= 11 is 3.40. The Balaban J connectivity index is 2.20. The van der Waals surface area contributed by atoms with Crippen LogP contribution in [0.25, 0.3) is 0 Å². The van der Waals surface area contributed by atoms with Crippen LogP contribution in [0.3, 0.4) is 0 Å². The topological polar surface area (TPSA) is 37.8 Å². The molecule has 0 bridgehead atoms. The van der Waals surface area contributed by atoms with Gasteiger partial charge in [-0.15, -0.1) is 11.3 Å². The number of aromatic nitrogens is 2. The molecule has 3 nitrogen and oxygen atoms in total. The van der Waals surface area contributed by atoms with Crippen molar-refractivity contribution in [3.8, 4) is 0 Å². The summed E-state index contributed by atoms with van der Waals surface area (Å²) in [4.78, 5) is 8.73. The quantitative estimate of drug-likeness (QED) is 0.845. The third-order valence-corrected chi connectivity index (χ3v) is 3.83. The van der Waals surface area contributed by atoms with Crippen molar-refractivity contribution in [2.75, 3.05) is 11.9 Å². The number of hydrogen-bond donors (Lipinski definition) is 1. The van der Waals surface area contributed by atoms with E-state index >= 15 is 0 Å². The summed E-state index contributed by atoms with van der Waals surface area (Å²) in [6.07, 6.45) is 0. The Hall–Kier alpha value is -1.07. The number of anilines is 1. The molecule has 1 N–H and O–H groups in total. The highest BCUT2D eigenvalue weighted by atomic mass is 32.2. The lowest BCUT2D eigenvalue weighted by Gasteiger charge is -2.05. The summed E-state index contributed by atoms with van der Waals surface area (Å²) in [5.74, 6) is 1.70. The second-order valence-electron chi connectivity index (χ2n) is 3.20. The molecule has 0 fully saturated rings. The van der Waals surface area contributed by atoms with E-state index in [9.17, 15) is 0 Å². The highest BCUT2D eigenvalue weighted by Crippen LogP contribution is 2.30. The van der Waals surface area contributed by atoms with Crippen molar-refractivity contribution in [3.05, 3.63) is 29.4 Å². The van der Waals surface area contributed by atoms with Gasteiger partial charge in [-0.25, -0.2) is 9.97 Å². The summed E-state index contributed by atoms with van der Waals surface area (Å²) in [5, 5.41) is 6.27. The molecular formula is C11H13N3S2. The van der Waals surface area contributed by atoms with Gasteiger partial charge in [-0.2, -0.15) is 0 Å². The average molecular weight is 251 g/mol. The predicted octanol–water partition coefficient (Wildman–Crippen LogP) is 3.43. The molecule has 2 rings (SSSR count). The molecule has 2 heterocycles. The van der Waals surface area contributed by atoms with Crippen LogP contribution in [-0.4, -0.2) is 16.5 Å². The van der Waals surface area contributed by atoms with E-state index in [1.54, 1.807) is 23.1 Å². The van der Waals surface area contributed by atoms with Crippen LogP contribution in [0.4, 0.5) is 5.82 Å². The van der Waals surface area contributed by atoms with E-state index in [0.29, 0.717) is 0 Å². The fourth-order valence-electron chi connectivity index (χ4n) is 1.29. The maximum atomic E-state index is 4.41. The number of hydrogen-bond acceptors (Lipinski definition) is 5. The van der Waals surface area contributed by atoms with Crippen LogP contribution in [0.2, 0.25) is 0 Å². The molecule has 0 aliphatic carbocycles. The Kier molecular flexibility index (Phi) is 3.79. The van der Waals surface area contributed by atoms with Gasteiger partial charge in [0.1, 0.15) is 16.7 Å². The molecule has 0 saturated carbocycles. The zero-order valence-electron chi connectivity index (χ0n) is 9.23. The second kappa shape index (κ2) is 5.32. The van der Waals surface area contributed by atoms with Crippen molar-refractivity contribution in [3.63, 3.8) is 0 Å². The minimum Gasteiger partial charge on any atom is -0.370 e. The van der Waals surface area contributed by atoms with Crippen LogP contribution in [-0.2, 0) is 0 Å². The van der Waals surface area contributed by atoms with Gasteiger partial charge in [0.15, 0.2) is 0 Å². The minimum absolute atomic E-state index is 0.803. The normalized spacial score (nSPS) is 10.4. The molecule has 16 heavy (non-hydrogen) atoms. The van der Waals surface area contributed by atoms with Crippen LogP contribution >= 0.6 is 23.1 Å². The Morgan fingerprint density at radius 1 is 1.44 bits per heavy atom. The summed E-state index contributed by atoms with van der Waals surface area (Å²) in [7, 11) is 0. The van der Waals surface area contributed by atoms with E-state index in [0.717, 1.165) is 23.2 Å². The molecule has 0 spiro atoms. The molecule has 0 aliphatic rings. The molecule has 2 aromatic rings. The predicted molar refractivity (Wildman–Crippen MR) is 69.4 cm³/mol. The fraction of sp³-hybridized carbons (Fsp3) is 0.273. The maximum Gasteiger partial charge on any atom is 0.130 e. The van der Waals surface area contributed by atoms with E-state index in [1.165, 1.54) is 4.21 Å². The third-order valence-electron chi connectivity index (χ3n) is 1.87. The Morgan fingerprint density at radius 3 is 3.00 bits per heavy atom. The zero-order chi connectivity index (χ0) is 11.4. The van der Waals surface area contributed by atoms with Gasteiger partial charge in [-0.3, -0.25) is 0 Å². The first-order chi connectivity index (χ1) is 7.78. The van der Waals surface area contributed by atoms with E-state index in [-0.39, 0.29) is 0 Å². The van der Waals surface area contributed by atoms with E-state index in [4.69, 9.17) is 0 Å². The molecule has 5 heteroatoms. The fourth-order valence-corrected chi connectivity index (χ4v) is 3.05.